The highest BCUT2D eigenvalue weighted by atomic mass is 14.7. The van der Waals surface area contributed by atoms with E-state index >= 15 is 0 Å². The molecule has 0 saturated carbocycles. The van der Waals surface area contributed by atoms with E-state index in [1.54, 1.807) is 0 Å². The largest absolute Gasteiger partial charge is 0.256 e. The minimum absolute atomic E-state index is 0.895. The van der Waals surface area contributed by atoms with Crippen molar-refractivity contribution < 1.29 is 0 Å². The van der Waals surface area contributed by atoms with E-state index in [2.05, 4.69) is 9.98 Å². The van der Waals surface area contributed by atoms with Gasteiger partial charge in [-0.1, -0.05) is 66.7 Å². The molecule has 0 amide bonds. The molecule has 3 aromatic carbocycles. The van der Waals surface area contributed by atoms with Crippen LogP contribution in [0.25, 0.3) is 0 Å². The second-order valence-electron chi connectivity index (χ2n) is 4.86. The molecule has 2 heteroatoms. The van der Waals surface area contributed by atoms with E-state index in [0.29, 0.717) is 0 Å². The van der Waals surface area contributed by atoms with E-state index < -0.39 is 0 Å². The minimum atomic E-state index is 0.895. The molecule has 0 heterocycles. The van der Waals surface area contributed by atoms with Crippen LogP contribution in [0.3, 0.4) is 0 Å². The third-order valence-electron chi connectivity index (χ3n) is 3.15. The van der Waals surface area contributed by atoms with Crippen LogP contribution in [0.4, 0.5) is 11.4 Å². The first-order valence-electron chi connectivity index (χ1n) is 7.18. The van der Waals surface area contributed by atoms with Gasteiger partial charge in [0.05, 0.1) is 11.4 Å². The van der Waals surface area contributed by atoms with Crippen molar-refractivity contribution in [1.29, 1.82) is 0 Å². The van der Waals surface area contributed by atoms with E-state index in [4.69, 9.17) is 0 Å². The first-order chi connectivity index (χ1) is 10.9. The van der Waals surface area contributed by atoms with Crippen LogP contribution in [-0.2, 0) is 0 Å². The topological polar surface area (TPSA) is 24.7 Å². The lowest BCUT2D eigenvalue weighted by Gasteiger charge is -1.97. The van der Waals surface area contributed by atoms with Gasteiger partial charge >= 0.3 is 0 Å². The molecule has 0 spiro atoms. The molecule has 0 N–H and O–H groups in total. The van der Waals surface area contributed by atoms with Crippen LogP contribution in [0, 0.1) is 0 Å². The molecule has 0 radical (unpaired) electrons. The van der Waals surface area contributed by atoms with Crippen molar-refractivity contribution in [2.24, 2.45) is 9.98 Å². The maximum Gasteiger partial charge on any atom is 0.0651 e. The molecule has 0 bridgehead atoms. The molecule has 0 aromatic heterocycles. The Morgan fingerprint density at radius 3 is 1.41 bits per heavy atom. The molecule has 22 heavy (non-hydrogen) atoms. The lowest BCUT2D eigenvalue weighted by Crippen LogP contribution is -1.79. The van der Waals surface area contributed by atoms with Crippen LogP contribution < -0.4 is 0 Å². The standard InChI is InChI=1S/C20H16N2/c1-3-8-17(9-4-1)15-21-19-12-7-13-20(14-19)22-16-18-10-5-2-6-11-18/h1-16H/b21-15-,22-16+. The second-order valence-corrected chi connectivity index (χ2v) is 4.86. The Hall–Kier alpha value is -3.00. The fraction of sp³-hybridized carbons (Fsp3) is 0. The van der Waals surface area contributed by atoms with Crippen LogP contribution in [0.5, 0.6) is 0 Å². The Labute approximate surface area is 130 Å². The summed E-state index contributed by atoms with van der Waals surface area (Å²) in [6, 6.07) is 28.0. The molecule has 0 aliphatic heterocycles. The van der Waals surface area contributed by atoms with Crippen molar-refractivity contribution in [2.75, 3.05) is 0 Å². The molecule has 0 aliphatic rings. The third-order valence-corrected chi connectivity index (χ3v) is 3.15. The van der Waals surface area contributed by atoms with E-state index in [9.17, 15) is 0 Å². The van der Waals surface area contributed by atoms with Crippen molar-refractivity contribution in [3.05, 3.63) is 96.1 Å². The van der Waals surface area contributed by atoms with Crippen LogP contribution in [0.2, 0.25) is 0 Å². The summed E-state index contributed by atoms with van der Waals surface area (Å²) in [5.41, 5.74) is 3.96. The van der Waals surface area contributed by atoms with Gasteiger partial charge in [-0.05, 0) is 29.3 Å². The Morgan fingerprint density at radius 2 is 0.955 bits per heavy atom. The van der Waals surface area contributed by atoms with Gasteiger partial charge < -0.3 is 0 Å². The van der Waals surface area contributed by atoms with Crippen molar-refractivity contribution in [3.8, 4) is 0 Å². The summed E-state index contributed by atoms with van der Waals surface area (Å²) >= 11 is 0. The highest BCUT2D eigenvalue weighted by molar-refractivity contribution is 5.83. The van der Waals surface area contributed by atoms with Gasteiger partial charge in [0.1, 0.15) is 0 Å². The van der Waals surface area contributed by atoms with E-state index in [0.717, 1.165) is 22.5 Å². The average Bonchev–Trinajstić information content (AvgIpc) is 2.60. The number of benzene rings is 3. The zero-order valence-corrected chi connectivity index (χ0v) is 12.1. The fourth-order valence-electron chi connectivity index (χ4n) is 2.03. The van der Waals surface area contributed by atoms with Crippen LogP contribution in [0.1, 0.15) is 11.1 Å². The van der Waals surface area contributed by atoms with Crippen molar-refractivity contribution >= 4 is 23.8 Å². The molecule has 0 atom stereocenters. The maximum absolute atomic E-state index is 4.49. The molecule has 3 rings (SSSR count). The lowest BCUT2D eigenvalue weighted by molar-refractivity contribution is 1.47. The van der Waals surface area contributed by atoms with Gasteiger partial charge in [-0.3, -0.25) is 9.98 Å². The average molecular weight is 284 g/mol. The molecule has 0 unspecified atom stereocenters. The van der Waals surface area contributed by atoms with Crippen LogP contribution in [0.15, 0.2) is 94.9 Å². The molecular weight excluding hydrogens is 268 g/mol. The number of aliphatic imine (C=N–C) groups is 2. The summed E-state index contributed by atoms with van der Waals surface area (Å²) < 4.78 is 0. The number of hydrogen-bond acceptors (Lipinski definition) is 2. The van der Waals surface area contributed by atoms with Gasteiger partial charge in [-0.2, -0.15) is 0 Å². The zero-order valence-electron chi connectivity index (χ0n) is 12.1. The molecule has 0 fully saturated rings. The third kappa shape index (κ3) is 4.00. The maximum atomic E-state index is 4.49. The Morgan fingerprint density at radius 1 is 0.500 bits per heavy atom. The zero-order chi connectivity index (χ0) is 15.0. The van der Waals surface area contributed by atoms with Crippen molar-refractivity contribution in [2.45, 2.75) is 0 Å². The molecule has 106 valence electrons. The second kappa shape index (κ2) is 7.14. The monoisotopic (exact) mass is 284 g/mol. The van der Waals surface area contributed by atoms with Gasteiger partial charge in [0.2, 0.25) is 0 Å². The highest BCUT2D eigenvalue weighted by Crippen LogP contribution is 2.20. The fourth-order valence-corrected chi connectivity index (χ4v) is 2.03. The minimum Gasteiger partial charge on any atom is -0.256 e. The highest BCUT2D eigenvalue weighted by Gasteiger charge is 1.92. The number of hydrogen-bond donors (Lipinski definition) is 0. The van der Waals surface area contributed by atoms with Gasteiger partial charge in [0, 0.05) is 12.4 Å². The Balaban J connectivity index is 1.75. The normalized spacial score (nSPS) is 11.3. The van der Waals surface area contributed by atoms with Gasteiger partial charge in [0.25, 0.3) is 0 Å². The van der Waals surface area contributed by atoms with E-state index in [-0.39, 0.29) is 0 Å². The van der Waals surface area contributed by atoms with Crippen LogP contribution in [-0.4, -0.2) is 12.4 Å². The molecule has 3 aromatic rings. The Bertz CT molecular complexity index is 710. The summed E-state index contributed by atoms with van der Waals surface area (Å²) in [6.07, 6.45) is 3.72. The van der Waals surface area contributed by atoms with E-state index in [1.807, 2.05) is 97.4 Å². The summed E-state index contributed by atoms with van der Waals surface area (Å²) in [6.45, 7) is 0. The first-order valence-corrected chi connectivity index (χ1v) is 7.18. The quantitative estimate of drug-likeness (QED) is 0.589. The summed E-state index contributed by atoms with van der Waals surface area (Å²) in [5.74, 6) is 0. The lowest BCUT2D eigenvalue weighted by atomic mass is 10.2. The first kappa shape index (κ1) is 14.0. The SMILES string of the molecule is C(=N/c1cccc(/N=C/c2ccccc2)c1)/c1ccccc1. The summed E-state index contributed by atoms with van der Waals surface area (Å²) in [4.78, 5) is 8.99. The number of rotatable bonds is 4. The number of nitrogens with zero attached hydrogens (tertiary/aromatic N) is 2. The molecule has 0 aliphatic carbocycles. The predicted molar refractivity (Wildman–Crippen MR) is 93.8 cm³/mol. The van der Waals surface area contributed by atoms with E-state index in [1.165, 1.54) is 0 Å². The van der Waals surface area contributed by atoms with Gasteiger partial charge in [0.15, 0.2) is 0 Å². The van der Waals surface area contributed by atoms with Crippen molar-refractivity contribution in [3.63, 3.8) is 0 Å². The Kier molecular flexibility index (Phi) is 4.53. The molecule has 0 saturated heterocycles. The smallest absolute Gasteiger partial charge is 0.0651 e. The van der Waals surface area contributed by atoms with Gasteiger partial charge in [-0.25, -0.2) is 0 Å². The van der Waals surface area contributed by atoms with Gasteiger partial charge in [-0.15, -0.1) is 0 Å². The predicted octanol–water partition coefficient (Wildman–Crippen LogP) is 5.19. The van der Waals surface area contributed by atoms with Crippen LogP contribution >= 0.6 is 0 Å². The summed E-state index contributed by atoms with van der Waals surface area (Å²) in [5, 5.41) is 0. The molecule has 2 nitrogen and oxygen atoms in total. The summed E-state index contributed by atoms with van der Waals surface area (Å²) in [7, 11) is 0. The molecular formula is C20H16N2. The van der Waals surface area contributed by atoms with Crippen molar-refractivity contribution in [1.82, 2.24) is 0 Å².